The molecule has 0 unspecified atom stereocenters. The summed E-state index contributed by atoms with van der Waals surface area (Å²) in [5, 5.41) is 2.53. The highest BCUT2D eigenvalue weighted by Crippen LogP contribution is 2.28. The van der Waals surface area contributed by atoms with Crippen molar-refractivity contribution in [3.63, 3.8) is 0 Å². The molecule has 2 aromatic rings. The fourth-order valence-corrected chi connectivity index (χ4v) is 1.37. The molecule has 0 atom stereocenters. The number of rotatable bonds is 4. The molecule has 0 aliphatic carbocycles. The second kappa shape index (κ2) is 5.12. The molecule has 2 rings (SSSR count). The molecule has 1 amide bonds. The first-order chi connectivity index (χ1) is 8.29. The Morgan fingerprint density at radius 3 is 2.47 bits per heavy atom. The van der Waals surface area contributed by atoms with Crippen LogP contribution in [0.3, 0.4) is 0 Å². The Bertz CT molecular complexity index is 511. The van der Waals surface area contributed by atoms with Gasteiger partial charge in [-0.15, -0.1) is 0 Å². The number of benzene rings is 2. The van der Waals surface area contributed by atoms with E-state index in [1.807, 2.05) is 0 Å². The monoisotopic (exact) mass is 231 g/mol. The lowest BCUT2D eigenvalue weighted by molar-refractivity contribution is -0.105. The smallest absolute Gasteiger partial charge is 0.211 e. The SMILES string of the molecule is O=CNc1ccccc1Oc1ccc(F)cc1. The number of anilines is 1. The number of nitrogens with one attached hydrogen (secondary N) is 1. The minimum absolute atomic E-state index is 0.323. The fourth-order valence-electron chi connectivity index (χ4n) is 1.37. The molecule has 3 nitrogen and oxygen atoms in total. The molecule has 17 heavy (non-hydrogen) atoms. The Labute approximate surface area is 97.8 Å². The maximum Gasteiger partial charge on any atom is 0.211 e. The first-order valence-corrected chi connectivity index (χ1v) is 5.02. The van der Waals surface area contributed by atoms with Crippen molar-refractivity contribution in [3.05, 3.63) is 54.3 Å². The zero-order chi connectivity index (χ0) is 12.1. The highest BCUT2D eigenvalue weighted by Gasteiger charge is 2.03. The molecule has 0 spiro atoms. The van der Waals surface area contributed by atoms with Crippen molar-refractivity contribution in [2.75, 3.05) is 5.32 Å². The number of para-hydroxylation sites is 2. The molecule has 86 valence electrons. The van der Waals surface area contributed by atoms with Gasteiger partial charge in [-0.05, 0) is 36.4 Å². The van der Waals surface area contributed by atoms with E-state index in [0.717, 1.165) is 0 Å². The molecule has 0 heterocycles. The lowest BCUT2D eigenvalue weighted by atomic mass is 10.3. The Hall–Kier alpha value is -2.36. The lowest BCUT2D eigenvalue weighted by Crippen LogP contribution is -1.96. The molecule has 4 heteroatoms. The molecule has 0 radical (unpaired) electrons. The first-order valence-electron chi connectivity index (χ1n) is 5.02. The lowest BCUT2D eigenvalue weighted by Gasteiger charge is -2.09. The van der Waals surface area contributed by atoms with Crippen LogP contribution in [0.4, 0.5) is 10.1 Å². The van der Waals surface area contributed by atoms with Crippen molar-refractivity contribution in [1.29, 1.82) is 0 Å². The maximum absolute atomic E-state index is 12.7. The van der Waals surface area contributed by atoms with Gasteiger partial charge in [0.15, 0.2) is 5.75 Å². The van der Waals surface area contributed by atoms with Gasteiger partial charge in [-0.25, -0.2) is 4.39 Å². The zero-order valence-electron chi connectivity index (χ0n) is 8.89. The summed E-state index contributed by atoms with van der Waals surface area (Å²) in [6.45, 7) is 0. The molecule has 0 saturated heterocycles. The van der Waals surface area contributed by atoms with E-state index in [2.05, 4.69) is 5.32 Å². The summed E-state index contributed by atoms with van der Waals surface area (Å²) in [6.07, 6.45) is 0.576. The van der Waals surface area contributed by atoms with Crippen LogP contribution in [-0.4, -0.2) is 6.41 Å². The molecule has 0 aliphatic heterocycles. The van der Waals surface area contributed by atoms with Crippen LogP contribution in [-0.2, 0) is 4.79 Å². The Morgan fingerprint density at radius 1 is 1.06 bits per heavy atom. The second-order valence-corrected chi connectivity index (χ2v) is 3.31. The first kappa shape index (κ1) is 11.1. The topological polar surface area (TPSA) is 38.3 Å². The standard InChI is InChI=1S/C13H10FNO2/c14-10-5-7-11(8-6-10)17-13-4-2-1-3-12(13)15-9-16/h1-9H,(H,15,16). The molecule has 0 aromatic heterocycles. The highest BCUT2D eigenvalue weighted by atomic mass is 19.1. The fraction of sp³-hybridized carbons (Fsp3) is 0. The largest absolute Gasteiger partial charge is 0.455 e. The highest BCUT2D eigenvalue weighted by molar-refractivity contribution is 5.75. The zero-order valence-corrected chi connectivity index (χ0v) is 8.89. The van der Waals surface area contributed by atoms with E-state index >= 15 is 0 Å². The van der Waals surface area contributed by atoms with Crippen molar-refractivity contribution < 1.29 is 13.9 Å². The molecule has 1 N–H and O–H groups in total. The van der Waals surface area contributed by atoms with Crippen LogP contribution >= 0.6 is 0 Å². The third-order valence-corrected chi connectivity index (χ3v) is 2.14. The van der Waals surface area contributed by atoms with Gasteiger partial charge in [0.2, 0.25) is 6.41 Å². The summed E-state index contributed by atoms with van der Waals surface area (Å²) in [5.74, 6) is 0.689. The van der Waals surface area contributed by atoms with Crippen molar-refractivity contribution >= 4 is 12.1 Å². The van der Waals surface area contributed by atoms with Gasteiger partial charge in [-0.2, -0.15) is 0 Å². The number of hydrogen-bond donors (Lipinski definition) is 1. The second-order valence-electron chi connectivity index (χ2n) is 3.31. The van der Waals surface area contributed by atoms with Crippen LogP contribution in [0.5, 0.6) is 11.5 Å². The van der Waals surface area contributed by atoms with E-state index in [1.165, 1.54) is 24.3 Å². The third-order valence-electron chi connectivity index (χ3n) is 2.14. The van der Waals surface area contributed by atoms with Gasteiger partial charge in [-0.3, -0.25) is 4.79 Å². The molecule has 0 fully saturated rings. The third kappa shape index (κ3) is 2.81. The maximum atomic E-state index is 12.7. The quantitative estimate of drug-likeness (QED) is 0.820. The summed E-state index contributed by atoms with van der Waals surface area (Å²) in [4.78, 5) is 10.4. The number of amides is 1. The molecule has 2 aromatic carbocycles. The van der Waals surface area contributed by atoms with Crippen LogP contribution < -0.4 is 10.1 Å². The van der Waals surface area contributed by atoms with Crippen LogP contribution in [0.1, 0.15) is 0 Å². The molecular weight excluding hydrogens is 221 g/mol. The van der Waals surface area contributed by atoms with Crippen molar-refractivity contribution in [1.82, 2.24) is 0 Å². The summed E-state index contributed by atoms with van der Waals surface area (Å²) >= 11 is 0. The van der Waals surface area contributed by atoms with E-state index in [4.69, 9.17) is 4.74 Å². The van der Waals surface area contributed by atoms with Crippen molar-refractivity contribution in [2.45, 2.75) is 0 Å². The van der Waals surface area contributed by atoms with Gasteiger partial charge in [0.05, 0.1) is 5.69 Å². The van der Waals surface area contributed by atoms with E-state index in [-0.39, 0.29) is 5.82 Å². The summed E-state index contributed by atoms with van der Waals surface area (Å²) in [6, 6.07) is 12.7. The van der Waals surface area contributed by atoms with Crippen molar-refractivity contribution in [3.8, 4) is 11.5 Å². The van der Waals surface area contributed by atoms with Crippen molar-refractivity contribution in [2.24, 2.45) is 0 Å². The minimum atomic E-state index is -0.323. The van der Waals surface area contributed by atoms with Gasteiger partial charge in [-0.1, -0.05) is 12.1 Å². The van der Waals surface area contributed by atoms with Gasteiger partial charge in [0.25, 0.3) is 0 Å². The minimum Gasteiger partial charge on any atom is -0.455 e. The summed E-state index contributed by atoms with van der Waals surface area (Å²) in [7, 11) is 0. The average molecular weight is 231 g/mol. The van der Waals surface area contributed by atoms with E-state index < -0.39 is 0 Å². The van der Waals surface area contributed by atoms with Crippen LogP contribution in [0, 0.1) is 5.82 Å². The normalized spacial score (nSPS) is 9.71. The Balaban J connectivity index is 2.23. The summed E-state index contributed by atoms with van der Waals surface area (Å²) in [5.41, 5.74) is 0.562. The van der Waals surface area contributed by atoms with E-state index in [9.17, 15) is 9.18 Å². The number of carbonyl (C=O) groups is 1. The number of hydrogen-bond acceptors (Lipinski definition) is 2. The number of ether oxygens (including phenoxy) is 1. The predicted molar refractivity (Wildman–Crippen MR) is 62.6 cm³/mol. The van der Waals surface area contributed by atoms with Crippen LogP contribution in [0.2, 0.25) is 0 Å². The Kier molecular flexibility index (Phi) is 3.35. The van der Waals surface area contributed by atoms with Gasteiger partial charge in [0, 0.05) is 0 Å². The molecule has 0 bridgehead atoms. The van der Waals surface area contributed by atoms with E-state index in [1.54, 1.807) is 24.3 Å². The van der Waals surface area contributed by atoms with E-state index in [0.29, 0.717) is 23.6 Å². The van der Waals surface area contributed by atoms with Crippen LogP contribution in [0.25, 0.3) is 0 Å². The molecular formula is C13H10FNO2. The summed E-state index contributed by atoms with van der Waals surface area (Å²) < 4.78 is 18.2. The Morgan fingerprint density at radius 2 is 1.76 bits per heavy atom. The van der Waals surface area contributed by atoms with Crippen LogP contribution in [0.15, 0.2) is 48.5 Å². The predicted octanol–water partition coefficient (Wildman–Crippen LogP) is 3.19. The van der Waals surface area contributed by atoms with Gasteiger partial charge >= 0.3 is 0 Å². The van der Waals surface area contributed by atoms with Gasteiger partial charge < -0.3 is 10.1 Å². The van der Waals surface area contributed by atoms with Gasteiger partial charge in [0.1, 0.15) is 11.6 Å². The average Bonchev–Trinajstić information content (AvgIpc) is 2.35. The number of halogens is 1. The number of carbonyl (C=O) groups excluding carboxylic acids is 1. The molecule has 0 saturated carbocycles. The molecule has 0 aliphatic rings.